The van der Waals surface area contributed by atoms with Crippen LogP contribution < -0.4 is 14.8 Å². The van der Waals surface area contributed by atoms with Crippen LogP contribution in [-0.2, 0) is 11.3 Å². The number of carbonyl (C=O) groups is 1. The fourth-order valence-electron chi connectivity index (χ4n) is 3.55. The van der Waals surface area contributed by atoms with Crippen molar-refractivity contribution < 1.29 is 19.0 Å². The number of nitrogens with one attached hydrogen (secondary N) is 1. The number of piperazine rings is 1. The zero-order valence-corrected chi connectivity index (χ0v) is 17.7. The summed E-state index contributed by atoms with van der Waals surface area (Å²) in [6.07, 6.45) is 0. The highest BCUT2D eigenvalue weighted by atomic mass is 32.1. The third kappa shape index (κ3) is 4.83. The van der Waals surface area contributed by atoms with Gasteiger partial charge in [0.25, 0.3) is 0 Å². The van der Waals surface area contributed by atoms with Gasteiger partial charge in [-0.2, -0.15) is 0 Å². The first-order valence-corrected chi connectivity index (χ1v) is 10.5. The second-order valence-corrected chi connectivity index (χ2v) is 7.57. The molecule has 2 aromatic rings. The molecule has 2 aliphatic heterocycles. The van der Waals surface area contributed by atoms with Gasteiger partial charge in [0.1, 0.15) is 0 Å². The fraction of sp³-hybridized carbons (Fsp3) is 0.364. The lowest BCUT2D eigenvalue weighted by atomic mass is 10.1. The van der Waals surface area contributed by atoms with Gasteiger partial charge in [-0.15, -0.1) is 0 Å². The highest BCUT2D eigenvalue weighted by Gasteiger charge is 2.20. The third-order valence-electron chi connectivity index (χ3n) is 5.13. The summed E-state index contributed by atoms with van der Waals surface area (Å²) in [6, 6.07) is 13.3. The number of anilines is 1. The smallest absolute Gasteiger partial charge is 0.338 e. The summed E-state index contributed by atoms with van der Waals surface area (Å²) in [5.41, 5.74) is 2.51. The van der Waals surface area contributed by atoms with E-state index in [9.17, 15) is 4.79 Å². The minimum absolute atomic E-state index is 0.296. The highest BCUT2D eigenvalue weighted by molar-refractivity contribution is 7.80. The van der Waals surface area contributed by atoms with Crippen molar-refractivity contribution in [2.75, 3.05) is 44.9 Å². The SMILES string of the molecule is CCOC(=O)c1cccc(NC(=S)N2CCN(Cc3ccc4c(c3)OCO4)CC2)c1. The number of rotatable bonds is 5. The summed E-state index contributed by atoms with van der Waals surface area (Å²) in [5, 5.41) is 3.91. The van der Waals surface area contributed by atoms with E-state index in [-0.39, 0.29) is 5.97 Å². The average Bonchev–Trinajstić information content (AvgIpc) is 3.22. The lowest BCUT2D eigenvalue weighted by Crippen LogP contribution is -2.49. The normalized spacial score (nSPS) is 15.7. The Morgan fingerprint density at radius 3 is 2.70 bits per heavy atom. The minimum Gasteiger partial charge on any atom is -0.462 e. The molecule has 0 saturated carbocycles. The van der Waals surface area contributed by atoms with Gasteiger partial charge in [-0.1, -0.05) is 12.1 Å². The molecule has 8 heteroatoms. The summed E-state index contributed by atoms with van der Waals surface area (Å²) >= 11 is 5.59. The standard InChI is InChI=1S/C22H25N3O4S/c1-2-27-21(26)17-4-3-5-18(13-17)23-22(30)25-10-8-24(9-11-25)14-16-6-7-19-20(12-16)29-15-28-19/h3-7,12-13H,2,8-11,14-15H2,1H3,(H,23,30). The predicted molar refractivity (Wildman–Crippen MR) is 118 cm³/mol. The van der Waals surface area contributed by atoms with E-state index in [1.165, 1.54) is 5.56 Å². The molecule has 0 unspecified atom stereocenters. The molecule has 0 amide bonds. The van der Waals surface area contributed by atoms with Crippen molar-refractivity contribution in [1.29, 1.82) is 0 Å². The third-order valence-corrected chi connectivity index (χ3v) is 5.49. The van der Waals surface area contributed by atoms with E-state index in [1.807, 2.05) is 18.2 Å². The van der Waals surface area contributed by atoms with Crippen LogP contribution in [0, 0.1) is 0 Å². The largest absolute Gasteiger partial charge is 0.462 e. The molecule has 0 spiro atoms. The molecule has 2 aromatic carbocycles. The first-order valence-electron chi connectivity index (χ1n) is 10.1. The predicted octanol–water partition coefficient (Wildman–Crippen LogP) is 3.11. The van der Waals surface area contributed by atoms with Crippen LogP contribution in [0.5, 0.6) is 11.5 Å². The number of esters is 1. The summed E-state index contributed by atoms with van der Waals surface area (Å²) < 4.78 is 15.9. The van der Waals surface area contributed by atoms with Crippen molar-refractivity contribution in [2.45, 2.75) is 13.5 Å². The van der Waals surface area contributed by atoms with Gasteiger partial charge in [0.05, 0.1) is 12.2 Å². The maximum atomic E-state index is 11.9. The lowest BCUT2D eigenvalue weighted by Gasteiger charge is -2.36. The van der Waals surface area contributed by atoms with E-state index < -0.39 is 0 Å². The van der Waals surface area contributed by atoms with Gasteiger partial charge >= 0.3 is 5.97 Å². The van der Waals surface area contributed by atoms with Gasteiger partial charge in [0.2, 0.25) is 6.79 Å². The summed E-state index contributed by atoms with van der Waals surface area (Å²) in [5.74, 6) is 1.30. The van der Waals surface area contributed by atoms with Gasteiger partial charge in [-0.3, -0.25) is 4.90 Å². The van der Waals surface area contributed by atoms with Gasteiger partial charge in [0, 0.05) is 38.4 Å². The zero-order valence-electron chi connectivity index (χ0n) is 16.9. The number of fused-ring (bicyclic) bond motifs is 1. The van der Waals surface area contributed by atoms with Crippen molar-refractivity contribution in [3.05, 3.63) is 53.6 Å². The van der Waals surface area contributed by atoms with Gasteiger partial charge < -0.3 is 24.4 Å². The topological polar surface area (TPSA) is 63.3 Å². The number of ether oxygens (including phenoxy) is 3. The summed E-state index contributed by atoms with van der Waals surface area (Å²) in [6.45, 7) is 6.82. The van der Waals surface area contributed by atoms with E-state index in [0.29, 0.717) is 24.1 Å². The van der Waals surface area contributed by atoms with Gasteiger partial charge in [0.15, 0.2) is 16.6 Å². The minimum atomic E-state index is -0.329. The van der Waals surface area contributed by atoms with Crippen LogP contribution in [0.15, 0.2) is 42.5 Å². The molecule has 1 saturated heterocycles. The molecule has 4 rings (SSSR count). The van der Waals surface area contributed by atoms with Crippen molar-refractivity contribution in [3.63, 3.8) is 0 Å². The van der Waals surface area contributed by atoms with Crippen molar-refractivity contribution >= 4 is 29.0 Å². The lowest BCUT2D eigenvalue weighted by molar-refractivity contribution is 0.0526. The Balaban J connectivity index is 1.28. The zero-order chi connectivity index (χ0) is 20.9. The highest BCUT2D eigenvalue weighted by Crippen LogP contribution is 2.32. The Morgan fingerprint density at radius 1 is 1.10 bits per heavy atom. The second-order valence-electron chi connectivity index (χ2n) is 7.18. The van der Waals surface area contributed by atoms with Gasteiger partial charge in [-0.05, 0) is 55.0 Å². The molecular weight excluding hydrogens is 402 g/mol. The molecule has 30 heavy (non-hydrogen) atoms. The summed E-state index contributed by atoms with van der Waals surface area (Å²) in [4.78, 5) is 16.5. The molecule has 0 bridgehead atoms. The van der Waals surface area contributed by atoms with E-state index >= 15 is 0 Å². The molecule has 2 aliphatic rings. The molecule has 0 atom stereocenters. The quantitative estimate of drug-likeness (QED) is 0.577. The molecule has 0 radical (unpaired) electrons. The van der Waals surface area contributed by atoms with E-state index in [2.05, 4.69) is 27.2 Å². The van der Waals surface area contributed by atoms with Crippen LogP contribution in [0.4, 0.5) is 5.69 Å². The van der Waals surface area contributed by atoms with Crippen LogP contribution in [0.3, 0.4) is 0 Å². The van der Waals surface area contributed by atoms with E-state index in [4.69, 9.17) is 26.4 Å². The molecule has 0 aromatic heterocycles. The van der Waals surface area contributed by atoms with Gasteiger partial charge in [-0.25, -0.2) is 4.79 Å². The molecule has 2 heterocycles. The van der Waals surface area contributed by atoms with Crippen LogP contribution >= 0.6 is 12.2 Å². The van der Waals surface area contributed by atoms with Crippen molar-refractivity contribution in [1.82, 2.24) is 9.80 Å². The molecule has 0 aliphatic carbocycles. The van der Waals surface area contributed by atoms with E-state index in [0.717, 1.165) is 49.9 Å². The van der Waals surface area contributed by atoms with Crippen molar-refractivity contribution in [2.24, 2.45) is 0 Å². The van der Waals surface area contributed by atoms with Crippen LogP contribution in [0.2, 0.25) is 0 Å². The van der Waals surface area contributed by atoms with Crippen LogP contribution in [0.25, 0.3) is 0 Å². The second kappa shape index (κ2) is 9.32. The Morgan fingerprint density at radius 2 is 1.90 bits per heavy atom. The fourth-order valence-corrected chi connectivity index (χ4v) is 3.85. The molecular formula is C22H25N3O4S. The summed E-state index contributed by atoms with van der Waals surface area (Å²) in [7, 11) is 0. The maximum absolute atomic E-state index is 11.9. The Labute approximate surface area is 181 Å². The number of nitrogens with zero attached hydrogens (tertiary/aromatic N) is 2. The molecule has 7 nitrogen and oxygen atoms in total. The first-order chi connectivity index (χ1) is 14.6. The average molecular weight is 428 g/mol. The number of hydrogen-bond acceptors (Lipinski definition) is 6. The molecule has 158 valence electrons. The molecule has 1 N–H and O–H groups in total. The Bertz CT molecular complexity index is 928. The molecule has 1 fully saturated rings. The van der Waals surface area contributed by atoms with Crippen LogP contribution in [-0.4, -0.2) is 60.5 Å². The van der Waals surface area contributed by atoms with E-state index in [1.54, 1.807) is 19.1 Å². The maximum Gasteiger partial charge on any atom is 0.338 e. The first kappa shape index (κ1) is 20.4. The Kier molecular flexibility index (Phi) is 6.35. The van der Waals surface area contributed by atoms with Crippen molar-refractivity contribution in [3.8, 4) is 11.5 Å². The monoisotopic (exact) mass is 427 g/mol. The Hall–Kier alpha value is -2.84. The number of benzene rings is 2. The number of hydrogen-bond donors (Lipinski definition) is 1. The van der Waals surface area contributed by atoms with Crippen LogP contribution in [0.1, 0.15) is 22.8 Å². The number of thiocarbonyl (C=S) groups is 1. The number of carbonyl (C=O) groups excluding carboxylic acids is 1.